The molecule has 0 aliphatic rings. The van der Waals surface area contributed by atoms with Crippen LogP contribution in [0.3, 0.4) is 0 Å². The molecule has 0 amide bonds. The van der Waals surface area contributed by atoms with E-state index >= 15 is 0 Å². The lowest BCUT2D eigenvalue weighted by Crippen LogP contribution is -2.03. The van der Waals surface area contributed by atoms with Crippen molar-refractivity contribution in [1.29, 1.82) is 0 Å². The van der Waals surface area contributed by atoms with E-state index in [2.05, 4.69) is 0 Å². The first-order chi connectivity index (χ1) is 8.68. The molecule has 0 unspecified atom stereocenters. The Labute approximate surface area is 116 Å². The molecular weight excluding hydrogens is 264 g/mol. The summed E-state index contributed by atoms with van der Waals surface area (Å²) >= 11 is 7.55. The third-order valence-electron chi connectivity index (χ3n) is 2.63. The van der Waals surface area contributed by atoms with E-state index in [1.165, 1.54) is 5.56 Å². The van der Waals surface area contributed by atoms with Crippen LogP contribution in [0.15, 0.2) is 53.4 Å². The normalized spacial score (nSPS) is 10.3. The molecule has 0 radical (unpaired) electrons. The molecule has 0 saturated heterocycles. The molecular formula is C15H13ClOS. The number of hydrogen-bond acceptors (Lipinski definition) is 2. The van der Waals surface area contributed by atoms with Crippen molar-refractivity contribution in [2.75, 3.05) is 5.75 Å². The summed E-state index contributed by atoms with van der Waals surface area (Å²) in [5.41, 5.74) is 1.79. The van der Waals surface area contributed by atoms with Crippen molar-refractivity contribution in [2.45, 2.75) is 11.8 Å². The molecule has 0 atom stereocenters. The maximum absolute atomic E-state index is 12.0. The van der Waals surface area contributed by atoms with E-state index < -0.39 is 0 Å². The van der Waals surface area contributed by atoms with Crippen LogP contribution < -0.4 is 0 Å². The van der Waals surface area contributed by atoms with E-state index in [0.29, 0.717) is 16.3 Å². The van der Waals surface area contributed by atoms with Gasteiger partial charge in [-0.25, -0.2) is 0 Å². The van der Waals surface area contributed by atoms with Crippen molar-refractivity contribution in [1.82, 2.24) is 0 Å². The molecule has 0 aromatic heterocycles. The fourth-order valence-corrected chi connectivity index (χ4v) is 2.78. The van der Waals surface area contributed by atoms with Crippen molar-refractivity contribution >= 4 is 29.1 Å². The van der Waals surface area contributed by atoms with Crippen molar-refractivity contribution in [2.24, 2.45) is 0 Å². The van der Waals surface area contributed by atoms with Gasteiger partial charge in [0, 0.05) is 10.5 Å². The van der Waals surface area contributed by atoms with Gasteiger partial charge in [0.2, 0.25) is 0 Å². The van der Waals surface area contributed by atoms with Crippen LogP contribution in [0.2, 0.25) is 5.02 Å². The Balaban J connectivity index is 2.06. The Morgan fingerprint density at radius 3 is 2.50 bits per heavy atom. The molecule has 0 spiro atoms. The molecule has 0 fully saturated rings. The fraction of sp³-hybridized carbons (Fsp3) is 0.133. The predicted octanol–water partition coefficient (Wildman–Crippen LogP) is 4.62. The Kier molecular flexibility index (Phi) is 4.45. The summed E-state index contributed by atoms with van der Waals surface area (Å²) in [5, 5.41) is 0.521. The minimum atomic E-state index is 0.0638. The summed E-state index contributed by atoms with van der Waals surface area (Å²) in [6.45, 7) is 2.04. The first kappa shape index (κ1) is 13.2. The van der Waals surface area contributed by atoms with Gasteiger partial charge in [0.05, 0.1) is 10.8 Å². The van der Waals surface area contributed by atoms with Gasteiger partial charge in [-0.1, -0.05) is 41.9 Å². The minimum Gasteiger partial charge on any atom is -0.293 e. The number of halogens is 1. The molecule has 2 rings (SSSR count). The van der Waals surface area contributed by atoms with Crippen molar-refractivity contribution in [3.8, 4) is 0 Å². The Hall–Kier alpha value is -1.25. The third kappa shape index (κ3) is 3.15. The Bertz CT molecular complexity index is 566. The van der Waals surface area contributed by atoms with Crippen LogP contribution in [-0.2, 0) is 0 Å². The summed E-state index contributed by atoms with van der Waals surface area (Å²) in [7, 11) is 0. The van der Waals surface area contributed by atoms with Crippen LogP contribution in [0, 0.1) is 6.92 Å². The monoisotopic (exact) mass is 276 g/mol. The molecule has 0 bridgehead atoms. The maximum Gasteiger partial charge on any atom is 0.174 e. The largest absolute Gasteiger partial charge is 0.293 e. The molecule has 1 nitrogen and oxygen atoms in total. The molecule has 92 valence electrons. The number of carbonyl (C=O) groups is 1. The van der Waals surface area contributed by atoms with E-state index in [9.17, 15) is 4.79 Å². The SMILES string of the molecule is Cc1ccccc1SCC(=O)c1ccccc1Cl. The molecule has 0 saturated carbocycles. The van der Waals surface area contributed by atoms with Gasteiger partial charge in [0.25, 0.3) is 0 Å². The van der Waals surface area contributed by atoms with Crippen LogP contribution in [0.1, 0.15) is 15.9 Å². The summed E-state index contributed by atoms with van der Waals surface area (Å²) < 4.78 is 0. The first-order valence-electron chi connectivity index (χ1n) is 5.64. The van der Waals surface area contributed by atoms with Crippen LogP contribution in [0.25, 0.3) is 0 Å². The Morgan fingerprint density at radius 1 is 1.11 bits per heavy atom. The number of ketones is 1. The van der Waals surface area contributed by atoms with E-state index in [-0.39, 0.29) is 5.78 Å². The summed E-state index contributed by atoms with van der Waals surface area (Å²) in [6, 6.07) is 15.2. The molecule has 3 heteroatoms. The van der Waals surface area contributed by atoms with Crippen molar-refractivity contribution < 1.29 is 4.79 Å². The zero-order chi connectivity index (χ0) is 13.0. The van der Waals surface area contributed by atoms with E-state index in [1.807, 2.05) is 43.3 Å². The highest BCUT2D eigenvalue weighted by Crippen LogP contribution is 2.24. The quantitative estimate of drug-likeness (QED) is 0.598. The second-order valence-electron chi connectivity index (χ2n) is 3.96. The summed E-state index contributed by atoms with van der Waals surface area (Å²) in [4.78, 5) is 13.2. The van der Waals surface area contributed by atoms with Gasteiger partial charge in [0.1, 0.15) is 0 Å². The molecule has 2 aromatic rings. The standard InChI is InChI=1S/C15H13ClOS/c1-11-6-2-5-9-15(11)18-10-14(17)12-7-3-4-8-13(12)16/h2-9H,10H2,1H3. The molecule has 0 heterocycles. The number of carbonyl (C=O) groups excluding carboxylic acids is 1. The lowest BCUT2D eigenvalue weighted by molar-refractivity contribution is 0.102. The highest BCUT2D eigenvalue weighted by Gasteiger charge is 2.10. The first-order valence-corrected chi connectivity index (χ1v) is 7.01. The van der Waals surface area contributed by atoms with Crippen LogP contribution in [-0.4, -0.2) is 11.5 Å². The number of thioether (sulfide) groups is 1. The molecule has 0 aliphatic carbocycles. The number of hydrogen-bond donors (Lipinski definition) is 0. The zero-order valence-electron chi connectivity index (χ0n) is 10.0. The van der Waals surface area contributed by atoms with Gasteiger partial charge in [-0.15, -0.1) is 11.8 Å². The summed E-state index contributed by atoms with van der Waals surface area (Å²) in [5.74, 6) is 0.475. The van der Waals surface area contributed by atoms with Crippen LogP contribution in [0.5, 0.6) is 0 Å². The maximum atomic E-state index is 12.0. The van der Waals surface area contributed by atoms with Gasteiger partial charge >= 0.3 is 0 Å². The van der Waals surface area contributed by atoms with Gasteiger partial charge in [-0.05, 0) is 30.7 Å². The molecule has 0 N–H and O–H groups in total. The van der Waals surface area contributed by atoms with Gasteiger partial charge < -0.3 is 0 Å². The number of aryl methyl sites for hydroxylation is 1. The Morgan fingerprint density at radius 2 is 1.78 bits per heavy atom. The third-order valence-corrected chi connectivity index (χ3v) is 4.13. The minimum absolute atomic E-state index is 0.0638. The van der Waals surface area contributed by atoms with E-state index in [4.69, 9.17) is 11.6 Å². The predicted molar refractivity (Wildman–Crippen MR) is 77.7 cm³/mol. The second kappa shape index (κ2) is 6.07. The highest BCUT2D eigenvalue weighted by atomic mass is 35.5. The van der Waals surface area contributed by atoms with E-state index in [1.54, 1.807) is 23.9 Å². The smallest absolute Gasteiger partial charge is 0.174 e. The lowest BCUT2D eigenvalue weighted by Gasteiger charge is -2.05. The average Bonchev–Trinajstić information content (AvgIpc) is 2.38. The molecule has 0 aliphatic heterocycles. The van der Waals surface area contributed by atoms with Crippen molar-refractivity contribution in [3.63, 3.8) is 0 Å². The zero-order valence-corrected chi connectivity index (χ0v) is 11.6. The topological polar surface area (TPSA) is 17.1 Å². The van der Waals surface area contributed by atoms with Gasteiger partial charge in [-0.2, -0.15) is 0 Å². The number of Topliss-reactive ketones (excluding diaryl/α,β-unsaturated/α-hetero) is 1. The molecule has 2 aromatic carbocycles. The second-order valence-corrected chi connectivity index (χ2v) is 5.38. The van der Waals surface area contributed by atoms with Crippen LogP contribution >= 0.6 is 23.4 Å². The van der Waals surface area contributed by atoms with Crippen LogP contribution in [0.4, 0.5) is 0 Å². The number of rotatable bonds is 4. The van der Waals surface area contributed by atoms with Crippen molar-refractivity contribution in [3.05, 3.63) is 64.7 Å². The van der Waals surface area contributed by atoms with Gasteiger partial charge in [-0.3, -0.25) is 4.79 Å². The lowest BCUT2D eigenvalue weighted by atomic mass is 10.1. The van der Waals surface area contributed by atoms with Gasteiger partial charge in [0.15, 0.2) is 5.78 Å². The highest BCUT2D eigenvalue weighted by molar-refractivity contribution is 8.00. The molecule has 18 heavy (non-hydrogen) atoms. The van der Waals surface area contributed by atoms with E-state index in [0.717, 1.165) is 4.90 Å². The average molecular weight is 277 g/mol. The fourth-order valence-electron chi connectivity index (χ4n) is 1.63. The summed E-state index contributed by atoms with van der Waals surface area (Å²) in [6.07, 6.45) is 0. The number of benzene rings is 2.